The second-order valence-corrected chi connectivity index (χ2v) is 5.59. The van der Waals surface area contributed by atoms with E-state index in [-0.39, 0.29) is 23.9 Å². The molecule has 1 N–H and O–H groups in total. The highest BCUT2D eigenvalue weighted by Gasteiger charge is 2.20. The minimum atomic E-state index is -1.02. The van der Waals surface area contributed by atoms with Crippen LogP contribution in [-0.4, -0.2) is 36.0 Å². The molecule has 126 valence electrons. The summed E-state index contributed by atoms with van der Waals surface area (Å²) in [6, 6.07) is 14.0. The van der Waals surface area contributed by atoms with Crippen LogP contribution in [-0.2, 0) is 11.2 Å². The van der Waals surface area contributed by atoms with Crippen LogP contribution in [0.15, 0.2) is 48.5 Å². The van der Waals surface area contributed by atoms with Crippen LogP contribution < -0.4 is 4.74 Å². The zero-order valence-corrected chi connectivity index (χ0v) is 14.0. The summed E-state index contributed by atoms with van der Waals surface area (Å²) >= 11 is 0. The molecule has 0 fully saturated rings. The molecule has 1 unspecified atom stereocenters. The molecule has 2 aromatic rings. The van der Waals surface area contributed by atoms with Crippen molar-refractivity contribution in [3.8, 4) is 5.75 Å². The van der Waals surface area contributed by atoms with Gasteiger partial charge in [-0.3, -0.25) is 4.79 Å². The van der Waals surface area contributed by atoms with E-state index in [1.807, 2.05) is 31.2 Å². The number of rotatable bonds is 6. The van der Waals surface area contributed by atoms with E-state index >= 15 is 0 Å². The first-order valence-electron chi connectivity index (χ1n) is 7.65. The van der Waals surface area contributed by atoms with E-state index in [1.54, 1.807) is 37.3 Å². The van der Waals surface area contributed by atoms with Crippen molar-refractivity contribution in [2.24, 2.45) is 0 Å². The maximum Gasteiger partial charge on any atom is 0.335 e. The highest BCUT2D eigenvalue weighted by atomic mass is 16.5. The summed E-state index contributed by atoms with van der Waals surface area (Å²) in [4.78, 5) is 25.4. The zero-order valence-electron chi connectivity index (χ0n) is 14.0. The van der Waals surface area contributed by atoms with E-state index in [0.717, 1.165) is 11.3 Å². The van der Waals surface area contributed by atoms with Gasteiger partial charge in [-0.1, -0.05) is 30.3 Å². The fraction of sp³-hybridized carbons (Fsp3) is 0.263. The van der Waals surface area contributed by atoms with Crippen molar-refractivity contribution in [3.05, 3.63) is 65.2 Å². The lowest BCUT2D eigenvalue weighted by molar-refractivity contribution is -0.131. The number of benzene rings is 2. The summed E-state index contributed by atoms with van der Waals surface area (Å²) in [5.74, 6) is -0.397. The number of amides is 1. The molecule has 1 atom stereocenters. The number of carbonyl (C=O) groups is 2. The summed E-state index contributed by atoms with van der Waals surface area (Å²) < 4.78 is 5.14. The predicted molar refractivity (Wildman–Crippen MR) is 91.3 cm³/mol. The van der Waals surface area contributed by atoms with Crippen molar-refractivity contribution in [2.45, 2.75) is 19.4 Å². The van der Waals surface area contributed by atoms with Crippen molar-refractivity contribution in [1.29, 1.82) is 0 Å². The molecule has 1 amide bonds. The van der Waals surface area contributed by atoms with E-state index < -0.39 is 5.97 Å². The van der Waals surface area contributed by atoms with Gasteiger partial charge in [0.05, 0.1) is 25.1 Å². The van der Waals surface area contributed by atoms with Gasteiger partial charge < -0.3 is 14.7 Å². The molecule has 0 aliphatic rings. The first kappa shape index (κ1) is 17.5. The van der Waals surface area contributed by atoms with Crippen LogP contribution in [0.2, 0.25) is 0 Å². The Bertz CT molecular complexity index is 724. The Kier molecular flexibility index (Phi) is 5.58. The number of carboxylic acids is 1. The van der Waals surface area contributed by atoms with Gasteiger partial charge in [-0.2, -0.15) is 0 Å². The molecule has 0 bridgehead atoms. The van der Waals surface area contributed by atoms with Crippen molar-refractivity contribution < 1.29 is 19.4 Å². The molecule has 0 spiro atoms. The molecule has 0 aliphatic heterocycles. The molecular formula is C19H21NO4. The van der Waals surface area contributed by atoms with Gasteiger partial charge in [0.15, 0.2) is 0 Å². The standard InChI is InChI=1S/C19H21NO4/c1-13(14-8-10-16(24-3)11-9-14)20(2)18(21)12-15-6-4-5-7-17(15)19(22)23/h4-11,13H,12H2,1-3H3,(H,22,23). The molecule has 24 heavy (non-hydrogen) atoms. The number of aromatic carboxylic acids is 1. The summed E-state index contributed by atoms with van der Waals surface area (Å²) in [5.41, 5.74) is 1.67. The Morgan fingerprint density at radius 1 is 1.12 bits per heavy atom. The van der Waals surface area contributed by atoms with Crippen LogP contribution in [0.25, 0.3) is 0 Å². The molecule has 5 heteroatoms. The molecule has 2 rings (SSSR count). The summed E-state index contributed by atoms with van der Waals surface area (Å²) in [6.45, 7) is 1.93. The highest BCUT2D eigenvalue weighted by molar-refractivity contribution is 5.91. The molecule has 5 nitrogen and oxygen atoms in total. The lowest BCUT2D eigenvalue weighted by atomic mass is 10.0. The fourth-order valence-electron chi connectivity index (χ4n) is 2.49. The smallest absolute Gasteiger partial charge is 0.335 e. The molecule has 0 saturated heterocycles. The highest BCUT2D eigenvalue weighted by Crippen LogP contribution is 2.22. The first-order chi connectivity index (χ1) is 11.4. The number of methoxy groups -OCH3 is 1. The fourth-order valence-corrected chi connectivity index (χ4v) is 2.49. The zero-order chi connectivity index (χ0) is 17.7. The van der Waals surface area contributed by atoms with Crippen LogP contribution in [0.4, 0.5) is 0 Å². The normalized spacial score (nSPS) is 11.6. The van der Waals surface area contributed by atoms with Gasteiger partial charge in [0.1, 0.15) is 5.75 Å². The number of carboxylic acid groups (broad SMARTS) is 1. The SMILES string of the molecule is COc1ccc(C(C)N(C)C(=O)Cc2ccccc2C(=O)O)cc1. The minimum Gasteiger partial charge on any atom is -0.497 e. The van der Waals surface area contributed by atoms with Gasteiger partial charge in [0.25, 0.3) is 0 Å². The molecule has 0 heterocycles. The second kappa shape index (κ2) is 7.64. The van der Waals surface area contributed by atoms with Crippen LogP contribution >= 0.6 is 0 Å². The van der Waals surface area contributed by atoms with Gasteiger partial charge in [0.2, 0.25) is 5.91 Å². The van der Waals surface area contributed by atoms with Gasteiger partial charge >= 0.3 is 5.97 Å². The Morgan fingerprint density at radius 2 is 1.75 bits per heavy atom. The minimum absolute atomic E-state index is 0.0550. The lowest BCUT2D eigenvalue weighted by Crippen LogP contribution is -2.31. The van der Waals surface area contributed by atoms with Crippen molar-refractivity contribution in [1.82, 2.24) is 4.90 Å². The Balaban J connectivity index is 2.12. The third-order valence-corrected chi connectivity index (χ3v) is 4.16. The van der Waals surface area contributed by atoms with Crippen molar-refractivity contribution >= 4 is 11.9 Å². The third-order valence-electron chi connectivity index (χ3n) is 4.16. The van der Waals surface area contributed by atoms with E-state index in [1.165, 1.54) is 6.07 Å². The van der Waals surface area contributed by atoms with E-state index in [4.69, 9.17) is 4.74 Å². The maximum atomic E-state index is 12.5. The monoisotopic (exact) mass is 327 g/mol. The number of carbonyl (C=O) groups excluding carboxylic acids is 1. The number of likely N-dealkylation sites (N-methyl/N-ethyl adjacent to an activating group) is 1. The molecule has 2 aromatic carbocycles. The summed E-state index contributed by atoms with van der Waals surface area (Å²) in [5, 5.41) is 9.22. The van der Waals surface area contributed by atoms with Crippen LogP contribution in [0.1, 0.15) is 34.5 Å². The van der Waals surface area contributed by atoms with Gasteiger partial charge in [-0.25, -0.2) is 4.79 Å². The lowest BCUT2D eigenvalue weighted by Gasteiger charge is -2.26. The topological polar surface area (TPSA) is 66.8 Å². The molecule has 0 aromatic heterocycles. The van der Waals surface area contributed by atoms with Gasteiger partial charge in [-0.05, 0) is 36.2 Å². The molecule has 0 radical (unpaired) electrons. The number of hydrogen-bond donors (Lipinski definition) is 1. The maximum absolute atomic E-state index is 12.5. The summed E-state index contributed by atoms with van der Waals surface area (Å²) in [6.07, 6.45) is 0.0550. The molecule has 0 saturated carbocycles. The van der Waals surface area contributed by atoms with Crippen LogP contribution in [0, 0.1) is 0 Å². The van der Waals surface area contributed by atoms with Gasteiger partial charge in [-0.15, -0.1) is 0 Å². The average Bonchev–Trinajstić information content (AvgIpc) is 2.60. The average molecular weight is 327 g/mol. The largest absolute Gasteiger partial charge is 0.497 e. The van der Waals surface area contributed by atoms with Crippen LogP contribution in [0.3, 0.4) is 0 Å². The number of hydrogen-bond acceptors (Lipinski definition) is 3. The van der Waals surface area contributed by atoms with Gasteiger partial charge in [0, 0.05) is 7.05 Å². The van der Waals surface area contributed by atoms with E-state index in [2.05, 4.69) is 0 Å². The Hall–Kier alpha value is -2.82. The quantitative estimate of drug-likeness (QED) is 0.885. The summed E-state index contributed by atoms with van der Waals surface area (Å²) in [7, 11) is 3.33. The number of ether oxygens (including phenoxy) is 1. The van der Waals surface area contributed by atoms with E-state index in [0.29, 0.717) is 5.56 Å². The third kappa shape index (κ3) is 3.93. The predicted octanol–water partition coefficient (Wildman–Crippen LogP) is 3.16. The Labute approximate surface area is 141 Å². The number of nitrogens with zero attached hydrogens (tertiary/aromatic N) is 1. The second-order valence-electron chi connectivity index (χ2n) is 5.59. The van der Waals surface area contributed by atoms with E-state index in [9.17, 15) is 14.7 Å². The van der Waals surface area contributed by atoms with Crippen molar-refractivity contribution in [2.75, 3.05) is 14.2 Å². The molecular weight excluding hydrogens is 306 g/mol. The van der Waals surface area contributed by atoms with Crippen LogP contribution in [0.5, 0.6) is 5.75 Å². The van der Waals surface area contributed by atoms with Crippen molar-refractivity contribution in [3.63, 3.8) is 0 Å². The Morgan fingerprint density at radius 3 is 2.33 bits per heavy atom. The first-order valence-corrected chi connectivity index (χ1v) is 7.65. The molecule has 0 aliphatic carbocycles.